The zero-order chi connectivity index (χ0) is 24.7. The van der Waals surface area contributed by atoms with Crippen LogP contribution in [-0.2, 0) is 17.8 Å². The number of likely N-dealkylation sites (tertiary alicyclic amines) is 1. The molecule has 2 aromatic heterocycles. The molecular weight excluding hydrogens is 468 g/mol. The molecule has 0 spiro atoms. The van der Waals surface area contributed by atoms with Crippen LogP contribution in [0.2, 0.25) is 0 Å². The third-order valence-corrected chi connectivity index (χ3v) is 6.60. The molecule has 2 aliphatic heterocycles. The fourth-order valence-electron chi connectivity index (χ4n) is 4.96. The number of ether oxygens (including phenoxy) is 1. The molecule has 0 saturated carbocycles. The van der Waals surface area contributed by atoms with Crippen LogP contribution in [0.1, 0.15) is 52.4 Å². The number of amides is 2. The average molecular weight is 490 g/mol. The Bertz CT molecular complexity index is 1280. The molecule has 0 bridgehead atoms. The minimum atomic E-state index is -4.80. The van der Waals surface area contributed by atoms with Crippen molar-refractivity contribution in [3.63, 3.8) is 0 Å². The van der Waals surface area contributed by atoms with Gasteiger partial charge in [-0.3, -0.25) is 9.59 Å². The number of H-pyrrole nitrogens is 1. The summed E-state index contributed by atoms with van der Waals surface area (Å²) in [6, 6.07) is 4.81. The number of halogens is 4. The summed E-state index contributed by atoms with van der Waals surface area (Å²) in [5.41, 5.74) is 3.13. The van der Waals surface area contributed by atoms with Gasteiger partial charge in [-0.15, -0.1) is 13.2 Å². The van der Waals surface area contributed by atoms with Gasteiger partial charge in [-0.2, -0.15) is 0 Å². The van der Waals surface area contributed by atoms with Gasteiger partial charge in [-0.25, -0.2) is 9.37 Å². The van der Waals surface area contributed by atoms with Gasteiger partial charge in [0.05, 0.1) is 12.7 Å². The van der Waals surface area contributed by atoms with Crippen LogP contribution in [0.4, 0.5) is 17.6 Å². The Balaban J connectivity index is 1.33. The second-order valence-corrected chi connectivity index (χ2v) is 8.74. The van der Waals surface area contributed by atoms with E-state index in [1.54, 1.807) is 4.90 Å². The molecule has 2 N–H and O–H groups in total. The lowest BCUT2D eigenvalue weighted by molar-refractivity contribution is -0.274. The summed E-state index contributed by atoms with van der Waals surface area (Å²) in [4.78, 5) is 33.7. The molecule has 1 fully saturated rings. The zero-order valence-electron chi connectivity index (χ0n) is 18.5. The summed E-state index contributed by atoms with van der Waals surface area (Å²) in [5, 5.41) is 3.55. The van der Waals surface area contributed by atoms with Crippen LogP contribution in [0.25, 0.3) is 11.0 Å². The number of benzene rings is 1. The second kappa shape index (κ2) is 8.86. The van der Waals surface area contributed by atoms with Crippen LogP contribution in [0.5, 0.6) is 5.75 Å². The van der Waals surface area contributed by atoms with Crippen LogP contribution in [-0.4, -0.2) is 46.1 Å². The molecule has 0 radical (unpaired) electrons. The van der Waals surface area contributed by atoms with E-state index in [9.17, 15) is 22.8 Å². The molecule has 2 aliphatic rings. The highest BCUT2D eigenvalue weighted by molar-refractivity contribution is 5.94. The molecule has 3 aromatic rings. The molecule has 4 heterocycles. The van der Waals surface area contributed by atoms with Gasteiger partial charge in [0.1, 0.15) is 17.2 Å². The topological polar surface area (TPSA) is 87.3 Å². The number of aromatic nitrogens is 2. The van der Waals surface area contributed by atoms with Crippen molar-refractivity contribution in [2.24, 2.45) is 0 Å². The maximum absolute atomic E-state index is 15.1. The third-order valence-electron chi connectivity index (χ3n) is 6.60. The number of carbonyl (C=O) groups excluding carboxylic acids is 2. The number of rotatable bonds is 3. The van der Waals surface area contributed by atoms with E-state index < -0.39 is 17.9 Å². The van der Waals surface area contributed by atoms with E-state index in [1.807, 2.05) is 0 Å². The van der Waals surface area contributed by atoms with Gasteiger partial charge in [0.15, 0.2) is 0 Å². The summed E-state index contributed by atoms with van der Waals surface area (Å²) in [6.45, 7) is 1.09. The van der Waals surface area contributed by atoms with Crippen LogP contribution in [0, 0.1) is 5.82 Å². The lowest BCUT2D eigenvalue weighted by Gasteiger charge is -2.33. The van der Waals surface area contributed by atoms with E-state index >= 15 is 4.39 Å². The Hall–Kier alpha value is -3.63. The highest BCUT2D eigenvalue weighted by atomic mass is 19.4. The van der Waals surface area contributed by atoms with E-state index in [0.717, 1.165) is 28.8 Å². The maximum atomic E-state index is 15.1. The zero-order valence-corrected chi connectivity index (χ0v) is 18.5. The van der Waals surface area contributed by atoms with Crippen LogP contribution in [0.15, 0.2) is 30.5 Å². The minimum Gasteiger partial charge on any atom is -0.406 e. The molecule has 184 valence electrons. The monoisotopic (exact) mass is 490 g/mol. The van der Waals surface area contributed by atoms with E-state index in [-0.39, 0.29) is 23.3 Å². The first-order valence-electron chi connectivity index (χ1n) is 11.3. The average Bonchev–Trinajstić information content (AvgIpc) is 3.07. The molecule has 0 unspecified atom stereocenters. The number of aromatic amines is 1. The predicted molar refractivity (Wildman–Crippen MR) is 117 cm³/mol. The number of hydrogen-bond acceptors (Lipinski definition) is 4. The Morgan fingerprint density at radius 2 is 1.83 bits per heavy atom. The van der Waals surface area contributed by atoms with E-state index in [2.05, 4.69) is 20.0 Å². The molecular formula is C24H22F4N4O3. The number of nitrogens with zero attached hydrogens (tertiary/aromatic N) is 2. The smallest absolute Gasteiger partial charge is 0.406 e. The maximum Gasteiger partial charge on any atom is 0.573 e. The van der Waals surface area contributed by atoms with Gasteiger partial charge in [-0.1, -0.05) is 0 Å². The lowest BCUT2D eigenvalue weighted by atomic mass is 9.86. The quantitative estimate of drug-likeness (QED) is 0.540. The Labute approximate surface area is 197 Å². The lowest BCUT2D eigenvalue weighted by Crippen LogP contribution is -2.38. The van der Waals surface area contributed by atoms with Gasteiger partial charge in [0.25, 0.3) is 5.91 Å². The molecule has 35 heavy (non-hydrogen) atoms. The standard InChI is InChI=1S/C24H22F4N4O3/c25-17-11-30-22-21(16-5-6-19(33)29-12-18(16)31-22)20(17)13-7-9-32(10-8-13)23(34)14-1-3-15(4-2-14)35-24(26,27)28/h1-4,11,13H,5-10,12H2,(H,29,33)(H,30,31). The number of nitrogens with one attached hydrogen (secondary N) is 2. The molecule has 1 aromatic carbocycles. The number of fused-ring (bicyclic) bond motifs is 3. The van der Waals surface area contributed by atoms with Crippen molar-refractivity contribution < 1.29 is 31.9 Å². The normalized spacial score (nSPS) is 17.1. The highest BCUT2D eigenvalue weighted by Crippen LogP contribution is 2.38. The first-order chi connectivity index (χ1) is 16.7. The van der Waals surface area contributed by atoms with Crippen molar-refractivity contribution in [3.05, 3.63) is 58.7 Å². The van der Waals surface area contributed by atoms with Gasteiger partial charge >= 0.3 is 6.36 Å². The Morgan fingerprint density at radius 3 is 2.51 bits per heavy atom. The Morgan fingerprint density at radius 1 is 1.11 bits per heavy atom. The molecule has 5 rings (SSSR count). The van der Waals surface area contributed by atoms with Gasteiger partial charge in [0, 0.05) is 41.7 Å². The fraction of sp³-hybridized carbons (Fsp3) is 0.375. The van der Waals surface area contributed by atoms with Crippen LogP contribution >= 0.6 is 0 Å². The van der Waals surface area contributed by atoms with Crippen molar-refractivity contribution in [1.82, 2.24) is 20.2 Å². The molecule has 0 atom stereocenters. The second-order valence-electron chi connectivity index (χ2n) is 8.74. The molecule has 2 amide bonds. The van der Waals surface area contributed by atoms with Crippen molar-refractivity contribution >= 4 is 22.8 Å². The van der Waals surface area contributed by atoms with Crippen molar-refractivity contribution in [2.45, 2.75) is 44.5 Å². The third kappa shape index (κ3) is 4.67. The number of piperidine rings is 1. The number of hydrogen-bond donors (Lipinski definition) is 2. The highest BCUT2D eigenvalue weighted by Gasteiger charge is 2.32. The summed E-state index contributed by atoms with van der Waals surface area (Å²) in [5.74, 6) is -1.31. The minimum absolute atomic E-state index is 0.0570. The molecule has 11 heteroatoms. The van der Waals surface area contributed by atoms with Crippen LogP contribution < -0.4 is 10.1 Å². The van der Waals surface area contributed by atoms with Gasteiger partial charge in [0.2, 0.25) is 5.91 Å². The largest absolute Gasteiger partial charge is 0.573 e. The fourth-order valence-corrected chi connectivity index (χ4v) is 4.96. The first-order valence-corrected chi connectivity index (χ1v) is 11.3. The summed E-state index contributed by atoms with van der Waals surface area (Å²) >= 11 is 0. The number of carbonyl (C=O) groups is 2. The molecule has 1 saturated heterocycles. The number of aryl methyl sites for hydroxylation is 1. The molecule has 0 aliphatic carbocycles. The van der Waals surface area contributed by atoms with Gasteiger partial charge in [-0.05, 0) is 55.0 Å². The van der Waals surface area contributed by atoms with E-state index in [4.69, 9.17) is 0 Å². The predicted octanol–water partition coefficient (Wildman–Crippen LogP) is 4.18. The summed E-state index contributed by atoms with van der Waals surface area (Å²) in [6.07, 6.45) is -1.75. The summed E-state index contributed by atoms with van der Waals surface area (Å²) < 4.78 is 56.0. The van der Waals surface area contributed by atoms with E-state index in [1.165, 1.54) is 18.3 Å². The van der Waals surface area contributed by atoms with Crippen molar-refractivity contribution in [2.75, 3.05) is 13.1 Å². The van der Waals surface area contributed by atoms with Crippen molar-refractivity contribution in [1.29, 1.82) is 0 Å². The number of alkyl halides is 3. The first kappa shape index (κ1) is 23.1. The van der Waals surface area contributed by atoms with E-state index in [0.29, 0.717) is 56.5 Å². The van der Waals surface area contributed by atoms with Crippen molar-refractivity contribution in [3.8, 4) is 5.75 Å². The van der Waals surface area contributed by atoms with Crippen LogP contribution in [0.3, 0.4) is 0 Å². The SMILES string of the molecule is O=C1CCc2c([nH]c3ncc(F)c(C4CCN(C(=O)c5ccc(OC(F)(F)F)cc5)CC4)c23)CN1. The molecule has 7 nitrogen and oxygen atoms in total. The number of pyridine rings is 1. The summed E-state index contributed by atoms with van der Waals surface area (Å²) in [7, 11) is 0. The Kier molecular flexibility index (Phi) is 5.86. The van der Waals surface area contributed by atoms with Gasteiger partial charge < -0.3 is 19.9 Å².